The van der Waals surface area contributed by atoms with E-state index < -0.39 is 5.60 Å². The summed E-state index contributed by atoms with van der Waals surface area (Å²) in [6.07, 6.45) is 3.41. The molecule has 0 bridgehead atoms. The molecule has 1 aromatic heterocycles. The van der Waals surface area contributed by atoms with E-state index in [-0.39, 0.29) is 12.1 Å². The zero-order valence-electron chi connectivity index (χ0n) is 10.2. The molecule has 2 heterocycles. The first-order chi connectivity index (χ1) is 7.85. The fourth-order valence-electron chi connectivity index (χ4n) is 1.61. The largest absolute Gasteiger partial charge is 0.444 e. The van der Waals surface area contributed by atoms with Gasteiger partial charge in [0, 0.05) is 19.3 Å². The number of carbonyl (C=O) groups excluding carboxylic acids is 1. The lowest BCUT2D eigenvalue weighted by Gasteiger charge is -2.39. The van der Waals surface area contributed by atoms with Crippen molar-refractivity contribution in [2.24, 2.45) is 0 Å². The predicted octanol–water partition coefficient (Wildman–Crippen LogP) is 2.44. The van der Waals surface area contributed by atoms with Crippen molar-refractivity contribution in [2.75, 3.05) is 13.1 Å². The summed E-state index contributed by atoms with van der Waals surface area (Å²) < 4.78 is 8.10. The molecule has 1 aromatic rings. The number of hydrogen-bond donors (Lipinski definition) is 0. The molecule has 1 amide bonds. The van der Waals surface area contributed by atoms with E-state index in [0.717, 1.165) is 4.47 Å². The Morgan fingerprint density at radius 2 is 2.18 bits per heavy atom. The first-order valence-electron chi connectivity index (χ1n) is 5.53. The van der Waals surface area contributed by atoms with Crippen LogP contribution in [0.2, 0.25) is 0 Å². The standard InChI is InChI=1S/C11H16BrN3O2/c1-11(2,3)17-10(16)14-6-9(7-14)15-5-8(12)4-13-15/h4-5,9H,6-7H2,1-3H3. The van der Waals surface area contributed by atoms with Crippen LogP contribution >= 0.6 is 15.9 Å². The van der Waals surface area contributed by atoms with E-state index in [2.05, 4.69) is 21.0 Å². The Morgan fingerprint density at radius 3 is 2.65 bits per heavy atom. The summed E-state index contributed by atoms with van der Waals surface area (Å²) in [6.45, 7) is 6.92. The van der Waals surface area contributed by atoms with Gasteiger partial charge in [0.1, 0.15) is 5.60 Å². The van der Waals surface area contributed by atoms with Crippen molar-refractivity contribution in [1.29, 1.82) is 0 Å². The molecule has 0 aliphatic carbocycles. The highest BCUT2D eigenvalue weighted by Crippen LogP contribution is 2.24. The van der Waals surface area contributed by atoms with Crippen LogP contribution < -0.4 is 0 Å². The van der Waals surface area contributed by atoms with Crippen LogP contribution in [0.1, 0.15) is 26.8 Å². The van der Waals surface area contributed by atoms with Crippen molar-refractivity contribution in [1.82, 2.24) is 14.7 Å². The number of carbonyl (C=O) groups is 1. The molecule has 6 heteroatoms. The van der Waals surface area contributed by atoms with Gasteiger partial charge >= 0.3 is 6.09 Å². The zero-order valence-corrected chi connectivity index (χ0v) is 11.8. The van der Waals surface area contributed by atoms with Crippen molar-refractivity contribution in [3.05, 3.63) is 16.9 Å². The van der Waals surface area contributed by atoms with Crippen LogP contribution in [0.4, 0.5) is 4.79 Å². The smallest absolute Gasteiger partial charge is 0.410 e. The summed E-state index contributed by atoms with van der Waals surface area (Å²) in [5.41, 5.74) is -0.434. The fourth-order valence-corrected chi connectivity index (χ4v) is 1.91. The first kappa shape index (κ1) is 12.4. The zero-order chi connectivity index (χ0) is 12.6. The molecular formula is C11H16BrN3O2. The number of aromatic nitrogens is 2. The van der Waals surface area contributed by atoms with Crippen LogP contribution in [0.25, 0.3) is 0 Å². The predicted molar refractivity (Wildman–Crippen MR) is 66.8 cm³/mol. The van der Waals surface area contributed by atoms with Gasteiger partial charge in [-0.1, -0.05) is 0 Å². The Morgan fingerprint density at radius 1 is 1.53 bits per heavy atom. The number of rotatable bonds is 1. The fraction of sp³-hybridized carbons (Fsp3) is 0.636. The molecule has 1 fully saturated rings. The minimum Gasteiger partial charge on any atom is -0.444 e. The first-order valence-corrected chi connectivity index (χ1v) is 6.32. The monoisotopic (exact) mass is 301 g/mol. The Balaban J connectivity index is 1.85. The van der Waals surface area contributed by atoms with Gasteiger partial charge in [0.15, 0.2) is 0 Å². The molecule has 5 nitrogen and oxygen atoms in total. The Hall–Kier alpha value is -1.04. The number of nitrogens with zero attached hydrogens (tertiary/aromatic N) is 3. The van der Waals surface area contributed by atoms with Crippen molar-refractivity contribution in [3.63, 3.8) is 0 Å². The lowest BCUT2D eigenvalue weighted by molar-refractivity contribution is -0.000393. The molecule has 94 valence electrons. The maximum atomic E-state index is 11.7. The molecule has 0 unspecified atom stereocenters. The lowest BCUT2D eigenvalue weighted by Crippen LogP contribution is -2.52. The Labute approximate surface area is 109 Å². The van der Waals surface area contributed by atoms with Crippen LogP contribution in [0, 0.1) is 0 Å². The third kappa shape index (κ3) is 3.00. The second kappa shape index (κ2) is 4.33. The highest BCUT2D eigenvalue weighted by Gasteiger charge is 2.35. The molecule has 17 heavy (non-hydrogen) atoms. The van der Waals surface area contributed by atoms with E-state index >= 15 is 0 Å². The van der Waals surface area contributed by atoms with Crippen LogP contribution in [0.5, 0.6) is 0 Å². The van der Waals surface area contributed by atoms with Crippen molar-refractivity contribution < 1.29 is 9.53 Å². The molecule has 0 N–H and O–H groups in total. The van der Waals surface area contributed by atoms with Crippen LogP contribution in [0.15, 0.2) is 16.9 Å². The number of halogens is 1. The molecule has 1 saturated heterocycles. The summed E-state index contributed by atoms with van der Waals surface area (Å²) >= 11 is 3.35. The Bertz CT molecular complexity index is 419. The van der Waals surface area contributed by atoms with Crippen molar-refractivity contribution in [3.8, 4) is 0 Å². The van der Waals surface area contributed by atoms with Crippen molar-refractivity contribution >= 4 is 22.0 Å². The molecule has 0 aromatic carbocycles. The van der Waals surface area contributed by atoms with Gasteiger partial charge in [0.2, 0.25) is 0 Å². The number of hydrogen-bond acceptors (Lipinski definition) is 3. The van der Waals surface area contributed by atoms with Crippen molar-refractivity contribution in [2.45, 2.75) is 32.4 Å². The molecule has 0 spiro atoms. The van der Waals surface area contributed by atoms with Gasteiger partial charge in [-0.25, -0.2) is 4.79 Å². The van der Waals surface area contributed by atoms with E-state index in [1.165, 1.54) is 0 Å². The van der Waals surface area contributed by atoms with Gasteiger partial charge < -0.3 is 9.64 Å². The van der Waals surface area contributed by atoms with E-state index in [4.69, 9.17) is 4.74 Å². The maximum Gasteiger partial charge on any atom is 0.410 e. The molecule has 0 saturated carbocycles. The van der Waals surface area contributed by atoms with Gasteiger partial charge in [-0.15, -0.1) is 0 Å². The molecule has 2 rings (SSSR count). The number of ether oxygens (including phenoxy) is 1. The van der Waals surface area contributed by atoms with E-state index in [1.54, 1.807) is 11.1 Å². The number of likely N-dealkylation sites (tertiary alicyclic amines) is 1. The average Bonchev–Trinajstić information content (AvgIpc) is 2.45. The van der Waals surface area contributed by atoms with Gasteiger partial charge in [-0.05, 0) is 36.7 Å². The minimum absolute atomic E-state index is 0.250. The van der Waals surface area contributed by atoms with E-state index in [0.29, 0.717) is 13.1 Å². The summed E-state index contributed by atoms with van der Waals surface area (Å²) in [5, 5.41) is 4.20. The highest BCUT2D eigenvalue weighted by molar-refractivity contribution is 9.10. The Kier molecular flexibility index (Phi) is 3.16. The third-order valence-electron chi connectivity index (χ3n) is 2.46. The second-order valence-electron chi connectivity index (χ2n) is 5.18. The molecule has 0 radical (unpaired) electrons. The molecular weight excluding hydrogens is 286 g/mol. The van der Waals surface area contributed by atoms with E-state index in [9.17, 15) is 4.79 Å². The van der Waals surface area contributed by atoms with Crippen LogP contribution in [0.3, 0.4) is 0 Å². The maximum absolute atomic E-state index is 11.7. The van der Waals surface area contributed by atoms with Crippen LogP contribution in [-0.4, -0.2) is 39.5 Å². The molecule has 1 aliphatic rings. The summed E-state index contributed by atoms with van der Waals surface area (Å²) in [7, 11) is 0. The molecule has 1 aliphatic heterocycles. The van der Waals surface area contributed by atoms with Crippen LogP contribution in [-0.2, 0) is 4.74 Å². The summed E-state index contributed by atoms with van der Waals surface area (Å²) in [6, 6.07) is 0.258. The van der Waals surface area contributed by atoms with E-state index in [1.807, 2.05) is 31.6 Å². The van der Waals surface area contributed by atoms with Gasteiger partial charge in [-0.3, -0.25) is 4.68 Å². The van der Waals surface area contributed by atoms with Gasteiger partial charge in [-0.2, -0.15) is 5.10 Å². The SMILES string of the molecule is CC(C)(C)OC(=O)N1CC(n2cc(Br)cn2)C1. The lowest BCUT2D eigenvalue weighted by atomic mass is 10.1. The third-order valence-corrected chi connectivity index (χ3v) is 2.87. The minimum atomic E-state index is -0.434. The number of amides is 1. The molecule has 0 atom stereocenters. The quantitative estimate of drug-likeness (QED) is 0.800. The summed E-state index contributed by atoms with van der Waals surface area (Å²) in [5.74, 6) is 0. The second-order valence-corrected chi connectivity index (χ2v) is 6.09. The van der Waals surface area contributed by atoms with Gasteiger partial charge in [0.05, 0.1) is 16.7 Å². The average molecular weight is 302 g/mol. The topological polar surface area (TPSA) is 47.4 Å². The summed E-state index contributed by atoms with van der Waals surface area (Å²) in [4.78, 5) is 13.4. The highest BCUT2D eigenvalue weighted by atomic mass is 79.9. The normalized spacial score (nSPS) is 16.8. The van der Waals surface area contributed by atoms with Gasteiger partial charge in [0.25, 0.3) is 0 Å².